The number of esters is 1. The number of hydrogen-bond acceptors (Lipinski definition) is 7. The molecular formula is C39H45F4N5O5S. The van der Waals surface area contributed by atoms with Crippen LogP contribution in [-0.2, 0) is 44.6 Å². The molecule has 0 radical (unpaired) electrons. The van der Waals surface area contributed by atoms with Gasteiger partial charge in [0.05, 0.1) is 30.1 Å². The predicted octanol–water partition coefficient (Wildman–Crippen LogP) is 6.98. The molecule has 15 heteroatoms. The molecule has 5 atom stereocenters. The van der Waals surface area contributed by atoms with E-state index in [2.05, 4.69) is 25.9 Å². The van der Waals surface area contributed by atoms with Gasteiger partial charge in [0.25, 0.3) is 0 Å². The minimum absolute atomic E-state index is 0.0152. The highest BCUT2D eigenvalue weighted by Crippen LogP contribution is 2.40. The zero-order valence-corrected chi connectivity index (χ0v) is 31.6. The lowest BCUT2D eigenvalue weighted by Gasteiger charge is -2.39. The van der Waals surface area contributed by atoms with Crippen LogP contribution in [-0.4, -0.2) is 51.8 Å². The molecule has 0 spiro atoms. The van der Waals surface area contributed by atoms with Crippen molar-refractivity contribution in [3.63, 3.8) is 0 Å². The molecule has 5 rings (SSSR count). The third-order valence-electron chi connectivity index (χ3n) is 10.3. The number of halogens is 4. The van der Waals surface area contributed by atoms with Crippen LogP contribution in [0, 0.1) is 17.7 Å². The van der Waals surface area contributed by atoms with Crippen molar-refractivity contribution in [3.8, 4) is 0 Å². The van der Waals surface area contributed by atoms with Crippen molar-refractivity contribution >= 4 is 45.9 Å². The van der Waals surface area contributed by atoms with Gasteiger partial charge in [0.15, 0.2) is 5.69 Å². The van der Waals surface area contributed by atoms with E-state index >= 15 is 0 Å². The second-order valence-corrected chi connectivity index (χ2v) is 14.8. The maximum Gasteiger partial charge on any atom is 0.418 e. The fourth-order valence-electron chi connectivity index (χ4n) is 6.81. The quantitative estimate of drug-likeness (QED) is 0.0806. The van der Waals surface area contributed by atoms with E-state index in [1.54, 1.807) is 31.4 Å². The number of benzene rings is 2. The van der Waals surface area contributed by atoms with Gasteiger partial charge < -0.3 is 25.7 Å². The molecule has 1 aliphatic carbocycles. The van der Waals surface area contributed by atoms with Crippen LogP contribution < -0.4 is 16.0 Å². The fourth-order valence-corrected chi connectivity index (χ4v) is 7.78. The van der Waals surface area contributed by atoms with E-state index < -0.39 is 64.8 Å². The summed E-state index contributed by atoms with van der Waals surface area (Å²) in [6, 6.07) is 7.83. The standard InChI is InChI=1S/C39H45F4N5O5S/c1-6-21(4)31(46-30(49)18-23-12-9-10-15-27(23)40)34(50)48-38(17-16-28-25(19-38)24-13-11-14-26(33(24)44-28)39(41,42)43)37(52)47-32(22(5)7-2)35-45-29(20-54-35)36(51)53-8-3/h9-15,20-22,31-32,44H,6-8,16-19H2,1-5H3,(H,46,49)(H,47,52)(H,48,50)/t21-,22-,31-,32+,38?/m0/s1. The lowest BCUT2D eigenvalue weighted by atomic mass is 9.78. The Labute approximate surface area is 314 Å². The van der Waals surface area contributed by atoms with Crippen LogP contribution in [0.3, 0.4) is 0 Å². The van der Waals surface area contributed by atoms with E-state index in [0.717, 1.165) is 6.07 Å². The van der Waals surface area contributed by atoms with E-state index in [4.69, 9.17) is 4.74 Å². The molecule has 4 aromatic rings. The summed E-state index contributed by atoms with van der Waals surface area (Å²) in [5.41, 5.74) is -1.41. The van der Waals surface area contributed by atoms with Crippen LogP contribution in [0.15, 0.2) is 47.8 Å². The first kappa shape index (κ1) is 40.4. The number of amides is 3. The Kier molecular flexibility index (Phi) is 12.5. The smallest absolute Gasteiger partial charge is 0.418 e. The number of alkyl halides is 3. The number of aromatic nitrogens is 2. The Hall–Kier alpha value is -4.79. The summed E-state index contributed by atoms with van der Waals surface area (Å²) >= 11 is 1.17. The van der Waals surface area contributed by atoms with Crippen LogP contribution in [0.5, 0.6) is 0 Å². The number of ether oxygens (including phenoxy) is 1. The Morgan fingerprint density at radius 2 is 1.72 bits per heavy atom. The number of hydrogen-bond donors (Lipinski definition) is 4. The second-order valence-electron chi connectivity index (χ2n) is 13.9. The van der Waals surface area contributed by atoms with E-state index in [1.165, 1.54) is 35.6 Å². The molecule has 2 heterocycles. The molecule has 1 unspecified atom stereocenters. The third-order valence-corrected chi connectivity index (χ3v) is 11.2. The second kappa shape index (κ2) is 16.7. The minimum Gasteiger partial charge on any atom is -0.461 e. The minimum atomic E-state index is -4.64. The molecule has 4 N–H and O–H groups in total. The van der Waals surface area contributed by atoms with Gasteiger partial charge in [-0.05, 0) is 54.9 Å². The van der Waals surface area contributed by atoms with Gasteiger partial charge >= 0.3 is 12.1 Å². The van der Waals surface area contributed by atoms with Gasteiger partial charge in [0.2, 0.25) is 17.7 Å². The lowest BCUT2D eigenvalue weighted by Crippen LogP contribution is -2.65. The average molecular weight is 772 g/mol. The maximum atomic E-state index is 14.8. The number of fused-ring (bicyclic) bond motifs is 3. The van der Waals surface area contributed by atoms with Gasteiger partial charge in [0.1, 0.15) is 22.4 Å². The first-order valence-corrected chi connectivity index (χ1v) is 19.0. The number of nitrogens with one attached hydrogen (secondary N) is 4. The van der Waals surface area contributed by atoms with Crippen molar-refractivity contribution in [1.82, 2.24) is 25.9 Å². The molecule has 2 aromatic carbocycles. The zero-order valence-electron chi connectivity index (χ0n) is 30.8. The average Bonchev–Trinajstić information content (AvgIpc) is 3.78. The Balaban J connectivity index is 1.53. The van der Waals surface area contributed by atoms with Gasteiger partial charge in [0, 0.05) is 22.9 Å². The van der Waals surface area contributed by atoms with Crippen molar-refractivity contribution < 1.29 is 41.5 Å². The first-order chi connectivity index (χ1) is 25.6. The number of carbonyl (C=O) groups is 4. The zero-order chi connectivity index (χ0) is 39.4. The largest absolute Gasteiger partial charge is 0.461 e. The maximum absolute atomic E-state index is 14.8. The van der Waals surface area contributed by atoms with E-state index in [-0.39, 0.29) is 60.4 Å². The van der Waals surface area contributed by atoms with Crippen LogP contribution in [0.1, 0.15) is 97.8 Å². The summed E-state index contributed by atoms with van der Waals surface area (Å²) in [5, 5.41) is 11.0. The lowest BCUT2D eigenvalue weighted by molar-refractivity contribution is -0.137. The van der Waals surface area contributed by atoms with Crippen molar-refractivity contribution in [3.05, 3.63) is 86.7 Å². The third kappa shape index (κ3) is 8.61. The summed E-state index contributed by atoms with van der Waals surface area (Å²) in [7, 11) is 0. The van der Waals surface area contributed by atoms with Gasteiger partial charge in [-0.2, -0.15) is 13.2 Å². The summed E-state index contributed by atoms with van der Waals surface area (Å²) in [6.07, 6.45) is -3.90. The molecule has 290 valence electrons. The van der Waals surface area contributed by atoms with E-state index in [0.29, 0.717) is 29.1 Å². The highest BCUT2D eigenvalue weighted by atomic mass is 32.1. The predicted molar refractivity (Wildman–Crippen MR) is 196 cm³/mol. The van der Waals surface area contributed by atoms with Gasteiger partial charge in [-0.15, -0.1) is 11.3 Å². The number of rotatable bonds is 14. The van der Waals surface area contributed by atoms with Crippen LogP contribution in [0.4, 0.5) is 17.6 Å². The van der Waals surface area contributed by atoms with Crippen molar-refractivity contribution in [2.75, 3.05) is 6.61 Å². The summed E-state index contributed by atoms with van der Waals surface area (Å²) in [6.45, 7) is 9.26. The highest BCUT2D eigenvalue weighted by Gasteiger charge is 2.47. The van der Waals surface area contributed by atoms with Crippen LogP contribution >= 0.6 is 11.3 Å². The van der Waals surface area contributed by atoms with Crippen molar-refractivity contribution in [2.24, 2.45) is 11.8 Å². The Morgan fingerprint density at radius 1 is 1.00 bits per heavy atom. The number of H-pyrrole nitrogens is 1. The highest BCUT2D eigenvalue weighted by molar-refractivity contribution is 7.09. The number of para-hydroxylation sites is 1. The molecule has 0 saturated heterocycles. The van der Waals surface area contributed by atoms with Crippen molar-refractivity contribution in [1.29, 1.82) is 0 Å². The first-order valence-electron chi connectivity index (χ1n) is 18.1. The molecule has 1 aliphatic rings. The SMILES string of the molecule is CCOC(=O)c1csc([C@H](NC(=O)C2(NC(=O)[C@@H](NC(=O)Cc3ccccc3F)[C@@H](C)CC)CCc3[nH]c4c(C(F)(F)F)cccc4c3C2)[C@@H](C)CC)n1. The van der Waals surface area contributed by atoms with Gasteiger partial charge in [-0.25, -0.2) is 14.2 Å². The molecule has 3 amide bonds. The normalized spacial score (nSPS) is 17.9. The number of nitrogens with zero attached hydrogens (tertiary/aromatic N) is 1. The Bertz CT molecular complexity index is 2010. The molecule has 0 aliphatic heterocycles. The summed E-state index contributed by atoms with van der Waals surface area (Å²) in [5.74, 6) is -3.64. The summed E-state index contributed by atoms with van der Waals surface area (Å²) < 4.78 is 61.7. The number of aromatic amines is 1. The van der Waals surface area contributed by atoms with E-state index in [1.807, 2.05) is 20.8 Å². The molecule has 2 aromatic heterocycles. The van der Waals surface area contributed by atoms with Crippen LogP contribution in [0.2, 0.25) is 0 Å². The molecular weight excluding hydrogens is 727 g/mol. The molecule has 54 heavy (non-hydrogen) atoms. The number of aryl methyl sites for hydroxylation is 1. The van der Waals surface area contributed by atoms with Crippen molar-refractivity contribution in [2.45, 2.75) is 96.9 Å². The van der Waals surface area contributed by atoms with Gasteiger partial charge in [-0.1, -0.05) is 70.9 Å². The number of thiazole rings is 1. The summed E-state index contributed by atoms with van der Waals surface area (Å²) in [4.78, 5) is 62.2. The number of carbonyl (C=O) groups excluding carboxylic acids is 4. The topological polar surface area (TPSA) is 142 Å². The molecule has 0 saturated carbocycles. The fraction of sp³-hybridized carbons (Fsp3) is 0.462. The van der Waals surface area contributed by atoms with Crippen LogP contribution in [0.25, 0.3) is 10.9 Å². The monoisotopic (exact) mass is 771 g/mol. The molecule has 0 bridgehead atoms. The molecule has 0 fully saturated rings. The van der Waals surface area contributed by atoms with Gasteiger partial charge in [-0.3, -0.25) is 14.4 Å². The Morgan fingerprint density at radius 3 is 2.39 bits per heavy atom. The molecule has 10 nitrogen and oxygen atoms in total. The van der Waals surface area contributed by atoms with E-state index in [9.17, 15) is 36.7 Å².